The van der Waals surface area contributed by atoms with E-state index in [1.54, 1.807) is 6.20 Å². The second-order valence-corrected chi connectivity index (χ2v) is 8.68. The minimum atomic E-state index is -0.826. The van der Waals surface area contributed by atoms with E-state index in [9.17, 15) is 4.79 Å². The quantitative estimate of drug-likeness (QED) is 0.569. The summed E-state index contributed by atoms with van der Waals surface area (Å²) in [6, 6.07) is 15.7. The highest BCUT2D eigenvalue weighted by atomic mass is 79.9. The molecule has 0 bridgehead atoms. The lowest BCUT2D eigenvalue weighted by molar-refractivity contribution is -0.123. The molecule has 5 nitrogen and oxygen atoms in total. The summed E-state index contributed by atoms with van der Waals surface area (Å²) in [6.45, 7) is 1.31. The van der Waals surface area contributed by atoms with E-state index in [2.05, 4.69) is 33.0 Å². The number of ketones is 1. The second-order valence-electron chi connectivity index (χ2n) is 7.83. The summed E-state index contributed by atoms with van der Waals surface area (Å²) >= 11 is 3.58. The number of nitrogens with zero attached hydrogens (tertiary/aromatic N) is 1. The standard InChI is InChI=1S/C24H18BrNO4/c25-18-6-3-7-26-19(18)10-15-14-4-1-2-5-16(14)24(23(15)27)13-30-20-12-22-21(11-17(20)24)28-8-9-29-22/h1-7,11-12,15H,8-10,13H2. The van der Waals surface area contributed by atoms with Crippen molar-refractivity contribution >= 4 is 21.7 Å². The first-order valence-corrected chi connectivity index (χ1v) is 10.8. The molecule has 0 saturated heterocycles. The van der Waals surface area contributed by atoms with Crippen LogP contribution in [0.25, 0.3) is 0 Å². The van der Waals surface area contributed by atoms with Crippen LogP contribution >= 0.6 is 15.9 Å². The van der Waals surface area contributed by atoms with Crippen molar-refractivity contribution < 1.29 is 19.0 Å². The van der Waals surface area contributed by atoms with Crippen molar-refractivity contribution in [2.75, 3.05) is 19.8 Å². The van der Waals surface area contributed by atoms with Crippen LogP contribution in [0.3, 0.4) is 0 Å². The van der Waals surface area contributed by atoms with E-state index < -0.39 is 5.41 Å². The average Bonchev–Trinajstić information content (AvgIpc) is 3.26. The Morgan fingerprint density at radius 3 is 2.60 bits per heavy atom. The van der Waals surface area contributed by atoms with Crippen molar-refractivity contribution in [2.45, 2.75) is 17.8 Å². The van der Waals surface area contributed by atoms with Crippen LogP contribution in [0.4, 0.5) is 0 Å². The fourth-order valence-corrected chi connectivity index (χ4v) is 5.36. The topological polar surface area (TPSA) is 57.7 Å². The van der Waals surface area contributed by atoms with E-state index in [4.69, 9.17) is 14.2 Å². The second kappa shape index (κ2) is 6.57. The molecule has 0 radical (unpaired) electrons. The zero-order valence-electron chi connectivity index (χ0n) is 16.1. The number of hydrogen-bond acceptors (Lipinski definition) is 5. The molecular weight excluding hydrogens is 446 g/mol. The number of benzene rings is 2. The minimum Gasteiger partial charge on any atom is -0.491 e. The van der Waals surface area contributed by atoms with Crippen molar-refractivity contribution in [1.29, 1.82) is 0 Å². The monoisotopic (exact) mass is 463 g/mol. The van der Waals surface area contributed by atoms with Gasteiger partial charge in [0.2, 0.25) is 0 Å². The van der Waals surface area contributed by atoms with Crippen molar-refractivity contribution in [3.63, 3.8) is 0 Å². The highest BCUT2D eigenvalue weighted by Gasteiger charge is 2.57. The summed E-state index contributed by atoms with van der Waals surface area (Å²) in [6.07, 6.45) is 2.30. The number of halogens is 1. The zero-order valence-corrected chi connectivity index (χ0v) is 17.6. The van der Waals surface area contributed by atoms with Gasteiger partial charge in [0.05, 0.1) is 5.69 Å². The molecule has 1 aromatic heterocycles. The molecule has 3 heterocycles. The molecule has 0 amide bonds. The lowest BCUT2D eigenvalue weighted by Crippen LogP contribution is -2.36. The highest BCUT2D eigenvalue weighted by molar-refractivity contribution is 9.10. The highest BCUT2D eigenvalue weighted by Crippen LogP contribution is 2.56. The maximum absolute atomic E-state index is 14.0. The van der Waals surface area contributed by atoms with Crippen LogP contribution < -0.4 is 14.2 Å². The lowest BCUT2D eigenvalue weighted by Gasteiger charge is -2.24. The van der Waals surface area contributed by atoms with Crippen LogP contribution in [0.1, 0.15) is 28.3 Å². The predicted molar refractivity (Wildman–Crippen MR) is 114 cm³/mol. The molecule has 3 aliphatic rings. The van der Waals surface area contributed by atoms with Gasteiger partial charge < -0.3 is 14.2 Å². The molecule has 6 rings (SSSR count). The van der Waals surface area contributed by atoms with Crippen molar-refractivity contribution in [3.05, 3.63) is 81.6 Å². The molecular formula is C24H18BrNO4. The summed E-state index contributed by atoms with van der Waals surface area (Å²) in [5.74, 6) is 1.91. The third-order valence-corrected chi connectivity index (χ3v) is 7.04. The molecule has 1 aliphatic carbocycles. The van der Waals surface area contributed by atoms with Gasteiger partial charge in [0, 0.05) is 34.6 Å². The van der Waals surface area contributed by atoms with Gasteiger partial charge in [0.1, 0.15) is 31.0 Å². The normalized spacial score (nSPS) is 23.2. The van der Waals surface area contributed by atoms with E-state index in [1.165, 1.54) is 0 Å². The van der Waals surface area contributed by atoms with Gasteiger partial charge in [-0.15, -0.1) is 0 Å². The summed E-state index contributed by atoms with van der Waals surface area (Å²) in [5, 5.41) is 0. The minimum absolute atomic E-state index is 0.150. The van der Waals surface area contributed by atoms with Crippen LogP contribution in [0.15, 0.2) is 59.2 Å². The van der Waals surface area contributed by atoms with E-state index in [-0.39, 0.29) is 11.7 Å². The Bertz CT molecular complexity index is 1190. The lowest BCUT2D eigenvalue weighted by atomic mass is 9.75. The Balaban J connectivity index is 1.50. The fraction of sp³-hybridized carbons (Fsp3) is 0.250. The number of rotatable bonds is 2. The van der Waals surface area contributed by atoms with E-state index >= 15 is 0 Å². The SMILES string of the molecule is O=C1C(Cc2ncccc2Br)c2ccccc2C12COc1cc3c(cc12)OCCO3. The molecule has 3 aromatic rings. The number of ether oxygens (including phenoxy) is 3. The number of hydrogen-bond donors (Lipinski definition) is 0. The van der Waals surface area contributed by atoms with Crippen LogP contribution in [-0.2, 0) is 16.6 Å². The Morgan fingerprint density at radius 2 is 1.77 bits per heavy atom. The average molecular weight is 464 g/mol. The molecule has 2 unspecified atom stereocenters. The number of pyridine rings is 1. The van der Waals surface area contributed by atoms with Crippen LogP contribution in [0.2, 0.25) is 0 Å². The van der Waals surface area contributed by atoms with Crippen LogP contribution in [0, 0.1) is 0 Å². The van der Waals surface area contributed by atoms with Crippen molar-refractivity contribution in [1.82, 2.24) is 4.98 Å². The first-order valence-electron chi connectivity index (χ1n) is 9.98. The number of aromatic nitrogens is 1. The molecule has 2 aromatic carbocycles. The summed E-state index contributed by atoms with van der Waals surface area (Å²) < 4.78 is 18.5. The van der Waals surface area contributed by atoms with Gasteiger partial charge in [-0.2, -0.15) is 0 Å². The van der Waals surface area contributed by atoms with Crippen LogP contribution in [0.5, 0.6) is 17.2 Å². The Morgan fingerprint density at radius 1 is 0.967 bits per heavy atom. The third kappa shape index (κ3) is 2.40. The van der Waals surface area contributed by atoms with Gasteiger partial charge in [-0.25, -0.2) is 0 Å². The van der Waals surface area contributed by atoms with Crippen molar-refractivity contribution in [3.8, 4) is 17.2 Å². The maximum Gasteiger partial charge on any atom is 0.165 e. The first kappa shape index (κ1) is 18.0. The number of carbonyl (C=O) groups is 1. The molecule has 2 aliphatic heterocycles. The maximum atomic E-state index is 14.0. The Labute approximate surface area is 182 Å². The number of carbonyl (C=O) groups excluding carboxylic acids is 1. The Hall–Kier alpha value is -2.86. The van der Waals surface area contributed by atoms with Gasteiger partial charge in [0.15, 0.2) is 17.3 Å². The van der Waals surface area contributed by atoms with Gasteiger partial charge in [-0.05, 0) is 45.3 Å². The smallest absolute Gasteiger partial charge is 0.165 e. The van der Waals surface area contributed by atoms with Gasteiger partial charge >= 0.3 is 0 Å². The van der Waals surface area contributed by atoms with Gasteiger partial charge in [-0.3, -0.25) is 9.78 Å². The third-order valence-electron chi connectivity index (χ3n) is 6.31. The molecule has 150 valence electrons. The molecule has 0 fully saturated rings. The summed E-state index contributed by atoms with van der Waals surface area (Å²) in [7, 11) is 0. The summed E-state index contributed by atoms with van der Waals surface area (Å²) in [4.78, 5) is 18.5. The van der Waals surface area contributed by atoms with Gasteiger partial charge in [-0.1, -0.05) is 24.3 Å². The number of fused-ring (bicyclic) bond motifs is 5. The zero-order chi connectivity index (χ0) is 20.3. The van der Waals surface area contributed by atoms with Crippen LogP contribution in [-0.4, -0.2) is 30.6 Å². The van der Waals surface area contributed by atoms with Crippen molar-refractivity contribution in [2.24, 2.45) is 0 Å². The molecule has 6 heteroatoms. The van der Waals surface area contributed by atoms with E-state index in [0.717, 1.165) is 26.9 Å². The molecule has 0 N–H and O–H groups in total. The first-order chi connectivity index (χ1) is 14.7. The molecule has 1 spiro atoms. The van der Waals surface area contributed by atoms with E-state index in [1.807, 2.05) is 36.4 Å². The molecule has 0 saturated carbocycles. The Kier molecular flexibility index (Phi) is 3.93. The molecule has 30 heavy (non-hydrogen) atoms. The van der Waals surface area contributed by atoms with Gasteiger partial charge in [0.25, 0.3) is 0 Å². The fourth-order valence-electron chi connectivity index (χ4n) is 4.94. The number of Topliss-reactive ketones (excluding diaryl/α,β-unsaturated/α-hetero) is 1. The summed E-state index contributed by atoms with van der Waals surface area (Å²) in [5.41, 5.74) is 2.98. The molecule has 2 atom stereocenters. The van der Waals surface area contributed by atoms with E-state index in [0.29, 0.717) is 43.5 Å². The predicted octanol–water partition coefficient (Wildman–Crippen LogP) is 4.20. The largest absolute Gasteiger partial charge is 0.491 e.